The molecule has 13 heavy (non-hydrogen) atoms. The minimum Gasteiger partial charge on any atom is -0.465 e. The van der Waals surface area contributed by atoms with Gasteiger partial charge in [-0.25, -0.2) is 0 Å². The summed E-state index contributed by atoms with van der Waals surface area (Å²) in [6.45, 7) is 5.90. The van der Waals surface area contributed by atoms with Crippen LogP contribution in [0.4, 0.5) is 0 Å². The van der Waals surface area contributed by atoms with Gasteiger partial charge in [-0.15, -0.1) is 0 Å². The lowest BCUT2D eigenvalue weighted by Gasteiger charge is -1.99. The van der Waals surface area contributed by atoms with Crippen LogP contribution in [-0.4, -0.2) is 6.61 Å². The third-order valence-electron chi connectivity index (χ3n) is 1.88. The molecule has 2 N–H and O–H groups in total. The minimum atomic E-state index is 0.453. The monoisotopic (exact) mass is 183 g/mol. The van der Waals surface area contributed by atoms with Gasteiger partial charge in [-0.3, -0.25) is 0 Å². The van der Waals surface area contributed by atoms with E-state index in [1.165, 1.54) is 0 Å². The average Bonchev–Trinajstić information content (AvgIpc) is 2.48. The van der Waals surface area contributed by atoms with Crippen molar-refractivity contribution in [1.82, 2.24) is 0 Å². The zero-order valence-electron chi connectivity index (χ0n) is 8.30. The predicted octanol–water partition coefficient (Wildman–Crippen LogP) is 1.97. The second kappa shape index (κ2) is 5.04. The zero-order valence-corrected chi connectivity index (χ0v) is 8.30. The van der Waals surface area contributed by atoms with Crippen LogP contribution in [0.15, 0.2) is 10.5 Å². The van der Waals surface area contributed by atoms with Crippen molar-refractivity contribution in [3.63, 3.8) is 0 Å². The van der Waals surface area contributed by atoms with Crippen molar-refractivity contribution in [3.8, 4) is 0 Å². The van der Waals surface area contributed by atoms with E-state index in [-0.39, 0.29) is 0 Å². The van der Waals surface area contributed by atoms with Gasteiger partial charge in [0.25, 0.3) is 0 Å². The Morgan fingerprint density at radius 3 is 2.85 bits per heavy atom. The molecule has 3 nitrogen and oxygen atoms in total. The van der Waals surface area contributed by atoms with E-state index in [1.807, 2.05) is 13.0 Å². The van der Waals surface area contributed by atoms with Crippen LogP contribution in [-0.2, 0) is 17.9 Å². The molecule has 1 aromatic rings. The van der Waals surface area contributed by atoms with Crippen molar-refractivity contribution in [3.05, 3.63) is 23.2 Å². The zero-order chi connectivity index (χ0) is 9.68. The quantitative estimate of drug-likeness (QED) is 0.710. The summed E-state index contributed by atoms with van der Waals surface area (Å²) < 4.78 is 10.8. The van der Waals surface area contributed by atoms with E-state index < -0.39 is 0 Å². The summed E-state index contributed by atoms with van der Waals surface area (Å²) in [5.74, 6) is 1.74. The second-order valence-electron chi connectivity index (χ2n) is 3.05. The highest BCUT2D eigenvalue weighted by molar-refractivity contribution is 5.19. The molecule has 0 spiro atoms. The molecule has 74 valence electrons. The molecule has 3 heteroatoms. The van der Waals surface area contributed by atoms with Crippen molar-refractivity contribution in [2.75, 3.05) is 6.61 Å². The highest BCUT2D eigenvalue weighted by Gasteiger charge is 2.05. The molecule has 0 aliphatic carbocycles. The summed E-state index contributed by atoms with van der Waals surface area (Å²) in [5.41, 5.74) is 6.56. The van der Waals surface area contributed by atoms with Gasteiger partial charge in [0.05, 0.1) is 13.2 Å². The molecule has 0 amide bonds. The highest BCUT2D eigenvalue weighted by atomic mass is 16.5. The molecule has 0 aliphatic heterocycles. The summed E-state index contributed by atoms with van der Waals surface area (Å²) >= 11 is 0. The fourth-order valence-corrected chi connectivity index (χ4v) is 1.16. The Bertz CT molecular complexity index is 255. The fourth-order valence-electron chi connectivity index (χ4n) is 1.16. The van der Waals surface area contributed by atoms with Gasteiger partial charge in [-0.05, 0) is 19.4 Å². The summed E-state index contributed by atoms with van der Waals surface area (Å²) in [6, 6.07) is 1.96. The molecule has 0 aliphatic rings. The molecule has 1 heterocycles. The van der Waals surface area contributed by atoms with Crippen LogP contribution in [0.1, 0.15) is 30.4 Å². The Kier molecular flexibility index (Phi) is 3.99. The number of hydrogen-bond acceptors (Lipinski definition) is 3. The van der Waals surface area contributed by atoms with Crippen molar-refractivity contribution in [2.45, 2.75) is 33.4 Å². The molecular weight excluding hydrogens is 166 g/mol. The van der Waals surface area contributed by atoms with Crippen LogP contribution in [0.5, 0.6) is 0 Å². The van der Waals surface area contributed by atoms with Gasteiger partial charge in [0.2, 0.25) is 0 Å². The van der Waals surface area contributed by atoms with E-state index >= 15 is 0 Å². The normalized spacial score (nSPS) is 10.7. The average molecular weight is 183 g/mol. The van der Waals surface area contributed by atoms with E-state index in [9.17, 15) is 0 Å². The molecular formula is C10H17NO2. The van der Waals surface area contributed by atoms with Crippen LogP contribution < -0.4 is 5.73 Å². The van der Waals surface area contributed by atoms with Gasteiger partial charge < -0.3 is 14.9 Å². The van der Waals surface area contributed by atoms with Crippen molar-refractivity contribution in [1.29, 1.82) is 0 Å². The Morgan fingerprint density at radius 1 is 1.54 bits per heavy atom. The Hall–Kier alpha value is -0.800. The number of ether oxygens (including phenoxy) is 1. The molecule has 0 atom stereocenters. The molecule has 0 bridgehead atoms. The first-order valence-corrected chi connectivity index (χ1v) is 4.64. The number of furan rings is 1. The molecule has 1 rings (SSSR count). The number of rotatable bonds is 5. The molecule has 1 aromatic heterocycles. The van der Waals surface area contributed by atoms with Crippen LogP contribution in [0.3, 0.4) is 0 Å². The maximum Gasteiger partial charge on any atom is 0.118 e. The summed E-state index contributed by atoms with van der Waals surface area (Å²) in [4.78, 5) is 0. The van der Waals surface area contributed by atoms with E-state index in [4.69, 9.17) is 14.9 Å². The molecule has 0 radical (unpaired) electrons. The lowest BCUT2D eigenvalue weighted by Crippen LogP contribution is -1.94. The third kappa shape index (κ3) is 2.86. The molecule has 0 fully saturated rings. The minimum absolute atomic E-state index is 0.453. The van der Waals surface area contributed by atoms with Crippen LogP contribution in [0.25, 0.3) is 0 Å². The van der Waals surface area contributed by atoms with Gasteiger partial charge in [0.1, 0.15) is 11.5 Å². The Morgan fingerprint density at radius 2 is 2.31 bits per heavy atom. The SMILES string of the molecule is CCCOCc1cc(CN)oc1C. The van der Waals surface area contributed by atoms with Crippen molar-refractivity contribution < 1.29 is 9.15 Å². The second-order valence-corrected chi connectivity index (χ2v) is 3.05. The number of hydrogen-bond donors (Lipinski definition) is 1. The maximum absolute atomic E-state index is 5.45. The van der Waals surface area contributed by atoms with Crippen LogP contribution in [0.2, 0.25) is 0 Å². The lowest BCUT2D eigenvalue weighted by atomic mass is 10.2. The van der Waals surface area contributed by atoms with Gasteiger partial charge in [0, 0.05) is 12.2 Å². The highest BCUT2D eigenvalue weighted by Crippen LogP contribution is 2.14. The van der Waals surface area contributed by atoms with Gasteiger partial charge in [-0.1, -0.05) is 6.92 Å². The van der Waals surface area contributed by atoms with E-state index in [0.29, 0.717) is 13.2 Å². The number of aryl methyl sites for hydroxylation is 1. The first-order valence-electron chi connectivity index (χ1n) is 4.64. The summed E-state index contributed by atoms with van der Waals surface area (Å²) in [6.07, 6.45) is 1.04. The maximum atomic E-state index is 5.45. The Labute approximate surface area is 78.9 Å². The molecule has 0 saturated heterocycles. The van der Waals surface area contributed by atoms with Crippen molar-refractivity contribution >= 4 is 0 Å². The van der Waals surface area contributed by atoms with Gasteiger partial charge in [0.15, 0.2) is 0 Å². The lowest BCUT2D eigenvalue weighted by molar-refractivity contribution is 0.120. The molecule has 0 unspecified atom stereocenters. The Balaban J connectivity index is 2.50. The summed E-state index contributed by atoms with van der Waals surface area (Å²) in [7, 11) is 0. The smallest absolute Gasteiger partial charge is 0.118 e. The standard InChI is InChI=1S/C10H17NO2/c1-3-4-12-7-9-5-10(6-11)13-8(9)2/h5H,3-4,6-7,11H2,1-2H3. The van der Waals surface area contributed by atoms with E-state index in [2.05, 4.69) is 6.92 Å². The van der Waals surface area contributed by atoms with Crippen LogP contribution in [0, 0.1) is 6.92 Å². The number of nitrogens with two attached hydrogens (primary N) is 1. The third-order valence-corrected chi connectivity index (χ3v) is 1.88. The summed E-state index contributed by atoms with van der Waals surface area (Å²) in [5, 5.41) is 0. The molecule has 0 saturated carbocycles. The van der Waals surface area contributed by atoms with Gasteiger partial charge in [-0.2, -0.15) is 0 Å². The topological polar surface area (TPSA) is 48.4 Å². The largest absolute Gasteiger partial charge is 0.465 e. The predicted molar refractivity (Wildman–Crippen MR) is 51.3 cm³/mol. The van der Waals surface area contributed by atoms with E-state index in [1.54, 1.807) is 0 Å². The molecule has 0 aromatic carbocycles. The van der Waals surface area contributed by atoms with Gasteiger partial charge >= 0.3 is 0 Å². The first-order chi connectivity index (χ1) is 6.27. The fraction of sp³-hybridized carbons (Fsp3) is 0.600. The van der Waals surface area contributed by atoms with E-state index in [0.717, 1.165) is 30.1 Å². The first kappa shape index (κ1) is 10.3. The van der Waals surface area contributed by atoms with Crippen LogP contribution >= 0.6 is 0 Å². The van der Waals surface area contributed by atoms with Crippen molar-refractivity contribution in [2.24, 2.45) is 5.73 Å².